The van der Waals surface area contributed by atoms with E-state index >= 15 is 0 Å². The summed E-state index contributed by atoms with van der Waals surface area (Å²) in [6.07, 6.45) is 1.47. The third-order valence-corrected chi connectivity index (χ3v) is 6.00. The highest BCUT2D eigenvalue weighted by molar-refractivity contribution is 5.92. The van der Waals surface area contributed by atoms with Gasteiger partial charge in [-0.05, 0) is 25.3 Å². The number of hydrogen-bond acceptors (Lipinski definition) is 9. The van der Waals surface area contributed by atoms with Gasteiger partial charge in [-0.25, -0.2) is 4.79 Å². The molecule has 3 rings (SSSR count). The maximum Gasteiger partial charge on any atom is 0.408 e. The first-order chi connectivity index (χ1) is 18.4. The minimum absolute atomic E-state index is 0.00341. The Balaban J connectivity index is 1.62. The molecule has 1 aromatic rings. The molecule has 1 saturated carbocycles. The fourth-order valence-corrected chi connectivity index (χ4v) is 3.98. The van der Waals surface area contributed by atoms with E-state index in [9.17, 15) is 19.2 Å². The summed E-state index contributed by atoms with van der Waals surface area (Å²) in [5.41, 5.74) is 0.770. The largest absolute Gasteiger partial charge is 0.465 e. The second kappa shape index (κ2) is 14.8. The van der Waals surface area contributed by atoms with E-state index in [0.717, 1.165) is 18.4 Å². The van der Waals surface area contributed by atoms with Crippen molar-refractivity contribution in [2.45, 2.75) is 51.0 Å². The summed E-state index contributed by atoms with van der Waals surface area (Å²) in [4.78, 5) is 54.2. The highest BCUT2D eigenvalue weighted by Gasteiger charge is 2.38. The number of esters is 1. The van der Waals surface area contributed by atoms with Crippen LogP contribution in [0.25, 0.3) is 0 Å². The number of rotatable bonds is 13. The normalized spacial score (nSPS) is 17.9. The molecule has 1 aliphatic heterocycles. The zero-order chi connectivity index (χ0) is 27.3. The van der Waals surface area contributed by atoms with Crippen LogP contribution in [0.2, 0.25) is 0 Å². The van der Waals surface area contributed by atoms with E-state index in [2.05, 4.69) is 15.7 Å². The Bertz CT molecular complexity index is 972. The van der Waals surface area contributed by atoms with Gasteiger partial charge in [0.2, 0.25) is 11.8 Å². The summed E-state index contributed by atoms with van der Waals surface area (Å²) in [5, 5.41) is 8.78. The van der Waals surface area contributed by atoms with Gasteiger partial charge in [-0.3, -0.25) is 14.4 Å². The minimum Gasteiger partial charge on any atom is -0.465 e. The molecule has 2 aliphatic rings. The average molecular weight is 533 g/mol. The first-order valence-electron chi connectivity index (χ1n) is 12.7. The van der Waals surface area contributed by atoms with Crippen LogP contribution in [0.3, 0.4) is 0 Å². The maximum absolute atomic E-state index is 13.4. The Morgan fingerprint density at radius 1 is 1.24 bits per heavy atom. The molecule has 2 fully saturated rings. The number of ether oxygens (including phenoxy) is 3. The standard InChI is InChI=1S/C25H36N6O7/c1-2-36-23(33)15-31(19-8-9-19)24(34)21(29-25(35)38-16-18-6-4-3-5-7-18)12-22(32)27-13-20-14-30(17-28-26)10-11-37-20/h3-7,17,19-21H,2,8-16,26H2,1H3,(H,27,32)(H,29,35)/t20-,21?/m0/s1. The zero-order valence-electron chi connectivity index (χ0n) is 21.5. The van der Waals surface area contributed by atoms with Gasteiger partial charge in [0, 0.05) is 25.7 Å². The number of amides is 3. The lowest BCUT2D eigenvalue weighted by Crippen LogP contribution is -2.53. The van der Waals surface area contributed by atoms with Gasteiger partial charge in [-0.1, -0.05) is 30.3 Å². The van der Waals surface area contributed by atoms with E-state index in [1.54, 1.807) is 19.1 Å². The average Bonchev–Trinajstić information content (AvgIpc) is 3.75. The van der Waals surface area contributed by atoms with Crippen molar-refractivity contribution in [3.63, 3.8) is 0 Å². The number of alkyl carbamates (subject to hydrolysis) is 1. The van der Waals surface area contributed by atoms with E-state index < -0.39 is 29.9 Å². The van der Waals surface area contributed by atoms with Crippen LogP contribution < -0.4 is 16.5 Å². The number of morpholine rings is 1. The Morgan fingerprint density at radius 3 is 2.68 bits per heavy atom. The quantitative estimate of drug-likeness (QED) is 0.104. The molecule has 0 spiro atoms. The summed E-state index contributed by atoms with van der Waals surface area (Å²) in [7, 11) is 0. The van der Waals surface area contributed by atoms with Crippen LogP contribution >= 0.6 is 0 Å². The monoisotopic (exact) mass is 532 g/mol. The molecular formula is C25H36N6O7. The lowest BCUT2D eigenvalue weighted by atomic mass is 10.1. The zero-order valence-corrected chi connectivity index (χ0v) is 21.5. The predicted molar refractivity (Wildman–Crippen MR) is 137 cm³/mol. The van der Waals surface area contributed by atoms with Crippen LogP contribution in [0.4, 0.5) is 4.79 Å². The highest BCUT2D eigenvalue weighted by atomic mass is 16.5. The molecule has 1 aromatic carbocycles. The number of hydrogen-bond donors (Lipinski definition) is 3. The van der Waals surface area contributed by atoms with E-state index in [-0.39, 0.29) is 44.9 Å². The molecule has 13 nitrogen and oxygen atoms in total. The maximum atomic E-state index is 13.4. The van der Waals surface area contributed by atoms with Crippen LogP contribution in [0.5, 0.6) is 0 Å². The first kappa shape index (κ1) is 28.7. The molecule has 4 N–H and O–H groups in total. The summed E-state index contributed by atoms with van der Waals surface area (Å²) >= 11 is 0. The van der Waals surface area contributed by atoms with E-state index in [0.29, 0.717) is 19.7 Å². The Kier molecular flexibility index (Phi) is 11.1. The van der Waals surface area contributed by atoms with Crippen molar-refractivity contribution in [3.8, 4) is 0 Å². The van der Waals surface area contributed by atoms with E-state index in [1.807, 2.05) is 23.1 Å². The van der Waals surface area contributed by atoms with Gasteiger partial charge in [-0.2, -0.15) is 5.10 Å². The van der Waals surface area contributed by atoms with Crippen molar-refractivity contribution < 1.29 is 33.4 Å². The van der Waals surface area contributed by atoms with Crippen molar-refractivity contribution in [1.82, 2.24) is 20.4 Å². The summed E-state index contributed by atoms with van der Waals surface area (Å²) in [5.74, 6) is 3.64. The molecule has 38 heavy (non-hydrogen) atoms. The van der Waals surface area contributed by atoms with Gasteiger partial charge >= 0.3 is 12.1 Å². The van der Waals surface area contributed by atoms with Crippen LogP contribution in [0, 0.1) is 0 Å². The van der Waals surface area contributed by atoms with Gasteiger partial charge in [0.25, 0.3) is 0 Å². The number of hydrazone groups is 1. The van der Waals surface area contributed by atoms with Gasteiger partial charge < -0.3 is 40.5 Å². The number of benzene rings is 1. The minimum atomic E-state index is -1.23. The molecule has 2 atom stereocenters. The van der Waals surface area contributed by atoms with Crippen LogP contribution in [0.1, 0.15) is 31.7 Å². The molecule has 0 bridgehead atoms. The predicted octanol–water partition coefficient (Wildman–Crippen LogP) is -0.0554. The number of carbonyl (C=O) groups is 4. The molecule has 1 aliphatic carbocycles. The Hall–Kier alpha value is -3.87. The van der Waals surface area contributed by atoms with Gasteiger partial charge in [0.15, 0.2) is 0 Å². The smallest absolute Gasteiger partial charge is 0.408 e. The highest BCUT2D eigenvalue weighted by Crippen LogP contribution is 2.27. The molecule has 1 unspecified atom stereocenters. The van der Waals surface area contributed by atoms with Crippen molar-refractivity contribution in [2.75, 3.05) is 39.4 Å². The molecule has 208 valence electrons. The summed E-state index contributed by atoms with van der Waals surface area (Å²) in [6.45, 7) is 3.36. The van der Waals surface area contributed by atoms with Crippen LogP contribution in [-0.4, -0.2) is 97.6 Å². The molecule has 1 saturated heterocycles. The molecule has 1 heterocycles. The fourth-order valence-electron chi connectivity index (χ4n) is 3.98. The fraction of sp³-hybridized carbons (Fsp3) is 0.560. The lowest BCUT2D eigenvalue weighted by Gasteiger charge is -2.31. The molecule has 0 radical (unpaired) electrons. The molecular weight excluding hydrogens is 496 g/mol. The summed E-state index contributed by atoms with van der Waals surface area (Å²) in [6, 6.07) is 7.68. The third-order valence-electron chi connectivity index (χ3n) is 6.00. The SMILES string of the molecule is CCOC(=O)CN(C(=O)C(CC(=O)NC[C@H]1CN(C=NN)CCO1)NC(=O)OCc1ccccc1)C1CC1. The van der Waals surface area contributed by atoms with Gasteiger partial charge in [0.05, 0.1) is 25.7 Å². The Morgan fingerprint density at radius 2 is 2.00 bits per heavy atom. The van der Waals surface area contributed by atoms with Gasteiger partial charge in [0.1, 0.15) is 25.5 Å². The molecule has 13 heteroatoms. The Labute approximate surface area is 221 Å². The summed E-state index contributed by atoms with van der Waals surface area (Å²) < 4.78 is 15.9. The lowest BCUT2D eigenvalue weighted by molar-refractivity contribution is -0.150. The van der Waals surface area contributed by atoms with Gasteiger partial charge in [-0.15, -0.1) is 0 Å². The number of nitrogens with one attached hydrogen (secondary N) is 2. The second-order valence-electron chi connectivity index (χ2n) is 9.02. The van der Waals surface area contributed by atoms with Crippen LogP contribution in [-0.2, 0) is 35.2 Å². The van der Waals surface area contributed by atoms with Crippen molar-refractivity contribution in [1.29, 1.82) is 0 Å². The number of nitrogens with zero attached hydrogens (tertiary/aromatic N) is 3. The molecule has 3 amide bonds. The van der Waals surface area contributed by atoms with Crippen molar-refractivity contribution in [2.24, 2.45) is 10.9 Å². The van der Waals surface area contributed by atoms with E-state index in [4.69, 9.17) is 20.1 Å². The molecule has 0 aromatic heterocycles. The number of nitrogens with two attached hydrogens (primary N) is 1. The van der Waals surface area contributed by atoms with Crippen LogP contribution in [0.15, 0.2) is 35.4 Å². The second-order valence-corrected chi connectivity index (χ2v) is 9.02. The van der Waals surface area contributed by atoms with Crippen molar-refractivity contribution in [3.05, 3.63) is 35.9 Å². The topological polar surface area (TPSA) is 165 Å². The van der Waals surface area contributed by atoms with Crippen molar-refractivity contribution >= 4 is 30.2 Å². The third kappa shape index (κ3) is 9.54. The first-order valence-corrected chi connectivity index (χ1v) is 12.7. The van der Waals surface area contributed by atoms with E-state index in [1.165, 1.54) is 11.2 Å². The number of carbonyl (C=O) groups excluding carboxylic acids is 4.